The molecule has 2 rings (SSSR count). The molecular weight excluding hydrogens is 252 g/mol. The van der Waals surface area contributed by atoms with Crippen molar-refractivity contribution in [2.45, 2.75) is 65.6 Å². The first kappa shape index (κ1) is 15.1. The number of carbonyl (C=O) groups excluding carboxylic acids is 1. The topological polar surface area (TPSA) is 54.3 Å². The molecule has 0 radical (unpaired) electrons. The van der Waals surface area contributed by atoms with Gasteiger partial charge in [0.15, 0.2) is 0 Å². The van der Waals surface area contributed by atoms with Gasteiger partial charge in [-0.05, 0) is 45.1 Å². The highest BCUT2D eigenvalue weighted by Crippen LogP contribution is 2.41. The van der Waals surface area contributed by atoms with Gasteiger partial charge in [-0.2, -0.15) is 0 Å². The van der Waals surface area contributed by atoms with Crippen molar-refractivity contribution in [3.05, 3.63) is 23.5 Å². The average Bonchev–Trinajstić information content (AvgIpc) is 2.69. The van der Waals surface area contributed by atoms with Gasteiger partial charge in [0.1, 0.15) is 6.04 Å². The molecule has 1 aliphatic carbocycles. The van der Waals surface area contributed by atoms with E-state index >= 15 is 0 Å². The van der Waals surface area contributed by atoms with Crippen molar-refractivity contribution in [3.8, 4) is 0 Å². The van der Waals surface area contributed by atoms with Crippen molar-refractivity contribution in [2.24, 2.45) is 5.41 Å². The fourth-order valence-corrected chi connectivity index (χ4v) is 3.05. The molecular formula is C16H26N2O2. The highest BCUT2D eigenvalue weighted by Gasteiger charge is 2.34. The highest BCUT2D eigenvalue weighted by atomic mass is 16.3. The van der Waals surface area contributed by atoms with E-state index in [1.165, 1.54) is 0 Å². The molecule has 2 unspecified atom stereocenters. The Bertz CT molecular complexity index is 503. The normalized spacial score (nSPS) is 22.4. The van der Waals surface area contributed by atoms with Gasteiger partial charge in [0.05, 0.1) is 6.10 Å². The van der Waals surface area contributed by atoms with Gasteiger partial charge in [0, 0.05) is 23.5 Å². The zero-order valence-electron chi connectivity index (χ0n) is 13.1. The Hall–Kier alpha value is -1.29. The summed E-state index contributed by atoms with van der Waals surface area (Å²) in [6.45, 7) is 10.2. The minimum Gasteiger partial charge on any atom is -0.388 e. The summed E-state index contributed by atoms with van der Waals surface area (Å²) >= 11 is 0. The highest BCUT2D eigenvalue weighted by molar-refractivity contribution is 5.80. The zero-order chi connectivity index (χ0) is 15.1. The van der Waals surface area contributed by atoms with Gasteiger partial charge < -0.3 is 15.0 Å². The molecule has 1 aromatic rings. The fourth-order valence-electron chi connectivity index (χ4n) is 3.05. The first-order chi connectivity index (χ1) is 9.21. The predicted octanol–water partition coefficient (Wildman–Crippen LogP) is 2.58. The molecule has 0 aliphatic heterocycles. The molecule has 1 heterocycles. The van der Waals surface area contributed by atoms with Gasteiger partial charge in [0.2, 0.25) is 5.91 Å². The van der Waals surface area contributed by atoms with E-state index in [1.807, 2.05) is 37.6 Å². The number of hydrogen-bond donors (Lipinski definition) is 2. The van der Waals surface area contributed by atoms with Crippen LogP contribution < -0.4 is 5.32 Å². The van der Waals surface area contributed by atoms with Gasteiger partial charge in [0.25, 0.3) is 0 Å². The second kappa shape index (κ2) is 5.24. The Kier molecular flexibility index (Phi) is 3.96. The average molecular weight is 278 g/mol. The summed E-state index contributed by atoms with van der Waals surface area (Å²) < 4.78 is 2.01. The molecule has 2 N–H and O–H groups in total. The number of fused-ring (bicyclic) bond motifs is 1. The zero-order valence-corrected chi connectivity index (χ0v) is 13.1. The number of nitrogens with one attached hydrogen (secondary N) is 1. The largest absolute Gasteiger partial charge is 0.388 e. The number of nitrogens with zero attached hydrogens (tertiary/aromatic N) is 1. The second-order valence-electron chi connectivity index (χ2n) is 7.03. The van der Waals surface area contributed by atoms with E-state index < -0.39 is 6.10 Å². The molecule has 0 bridgehead atoms. The standard InChI is InChI=1S/C16H26N2O2/c1-10(2)17-15(20)11(3)18-7-6-12-13(18)8-16(4,5)9-14(12)19/h6-7,10-11,14,19H,8-9H2,1-5H3,(H,17,20). The second-order valence-corrected chi connectivity index (χ2v) is 7.03. The third kappa shape index (κ3) is 2.90. The van der Waals surface area contributed by atoms with Gasteiger partial charge >= 0.3 is 0 Å². The van der Waals surface area contributed by atoms with Crippen LogP contribution in [-0.2, 0) is 11.2 Å². The summed E-state index contributed by atoms with van der Waals surface area (Å²) in [6, 6.07) is 1.84. The molecule has 1 aliphatic rings. The van der Waals surface area contributed by atoms with Crippen molar-refractivity contribution < 1.29 is 9.90 Å². The maximum atomic E-state index is 12.2. The Morgan fingerprint density at radius 3 is 2.70 bits per heavy atom. The van der Waals surface area contributed by atoms with Crippen LogP contribution in [0.15, 0.2) is 12.3 Å². The first-order valence-electron chi connectivity index (χ1n) is 7.39. The van der Waals surface area contributed by atoms with E-state index in [9.17, 15) is 9.90 Å². The van der Waals surface area contributed by atoms with Gasteiger partial charge in [-0.25, -0.2) is 0 Å². The molecule has 0 spiro atoms. The lowest BCUT2D eigenvalue weighted by Gasteiger charge is -2.34. The van der Waals surface area contributed by atoms with Crippen molar-refractivity contribution in [1.82, 2.24) is 9.88 Å². The Balaban J connectivity index is 2.29. The summed E-state index contributed by atoms with van der Waals surface area (Å²) in [5, 5.41) is 13.2. The van der Waals surface area contributed by atoms with E-state index in [1.54, 1.807) is 0 Å². The van der Waals surface area contributed by atoms with Gasteiger partial charge in [-0.15, -0.1) is 0 Å². The lowest BCUT2D eigenvalue weighted by Crippen LogP contribution is -2.37. The van der Waals surface area contributed by atoms with Crippen LogP contribution in [0.1, 0.15) is 64.4 Å². The van der Waals surface area contributed by atoms with Gasteiger partial charge in [-0.3, -0.25) is 4.79 Å². The number of aliphatic hydroxyl groups is 1. The maximum absolute atomic E-state index is 12.2. The summed E-state index contributed by atoms with van der Waals surface area (Å²) in [4.78, 5) is 12.2. The summed E-state index contributed by atoms with van der Waals surface area (Å²) in [6.07, 6.45) is 3.18. The van der Waals surface area contributed by atoms with Crippen LogP contribution >= 0.6 is 0 Å². The molecule has 1 aromatic heterocycles. The molecule has 2 atom stereocenters. The lowest BCUT2D eigenvalue weighted by molar-refractivity contribution is -0.124. The minimum atomic E-state index is -0.421. The maximum Gasteiger partial charge on any atom is 0.242 e. The number of aromatic nitrogens is 1. The third-order valence-corrected chi connectivity index (χ3v) is 4.04. The molecule has 0 saturated carbocycles. The van der Waals surface area contributed by atoms with Crippen LogP contribution in [0.5, 0.6) is 0 Å². The minimum absolute atomic E-state index is 0.0243. The fraction of sp³-hybridized carbons (Fsp3) is 0.688. The molecule has 0 aromatic carbocycles. The molecule has 4 nitrogen and oxygen atoms in total. The smallest absolute Gasteiger partial charge is 0.242 e. The quantitative estimate of drug-likeness (QED) is 0.893. The van der Waals surface area contributed by atoms with E-state index in [0.717, 1.165) is 24.1 Å². The Morgan fingerprint density at radius 2 is 2.10 bits per heavy atom. The molecule has 112 valence electrons. The third-order valence-electron chi connectivity index (χ3n) is 4.04. The Labute approximate surface area is 121 Å². The SMILES string of the molecule is CC(C)NC(=O)C(C)n1ccc2c1CC(C)(C)CC2O. The van der Waals surface area contributed by atoms with Gasteiger partial charge in [-0.1, -0.05) is 13.8 Å². The van der Waals surface area contributed by atoms with Crippen LogP contribution in [0, 0.1) is 5.41 Å². The van der Waals surface area contributed by atoms with E-state index in [2.05, 4.69) is 19.2 Å². The van der Waals surface area contributed by atoms with Crippen molar-refractivity contribution in [2.75, 3.05) is 0 Å². The van der Waals surface area contributed by atoms with E-state index in [0.29, 0.717) is 0 Å². The number of carbonyl (C=O) groups is 1. The lowest BCUT2D eigenvalue weighted by atomic mass is 9.75. The van der Waals surface area contributed by atoms with E-state index in [4.69, 9.17) is 0 Å². The summed E-state index contributed by atoms with van der Waals surface area (Å²) in [7, 11) is 0. The number of aliphatic hydroxyl groups excluding tert-OH is 1. The number of hydrogen-bond acceptors (Lipinski definition) is 2. The van der Waals surface area contributed by atoms with Crippen LogP contribution in [0.2, 0.25) is 0 Å². The number of amides is 1. The summed E-state index contributed by atoms with van der Waals surface area (Å²) in [5.74, 6) is 0.0243. The van der Waals surface area contributed by atoms with E-state index in [-0.39, 0.29) is 23.4 Å². The van der Waals surface area contributed by atoms with Crippen molar-refractivity contribution in [3.63, 3.8) is 0 Å². The monoisotopic (exact) mass is 278 g/mol. The molecule has 4 heteroatoms. The molecule has 20 heavy (non-hydrogen) atoms. The number of rotatable bonds is 3. The first-order valence-corrected chi connectivity index (χ1v) is 7.39. The van der Waals surface area contributed by atoms with Crippen molar-refractivity contribution >= 4 is 5.91 Å². The van der Waals surface area contributed by atoms with Crippen LogP contribution in [0.25, 0.3) is 0 Å². The van der Waals surface area contributed by atoms with Crippen LogP contribution in [0.4, 0.5) is 0 Å². The molecule has 1 amide bonds. The summed E-state index contributed by atoms with van der Waals surface area (Å²) in [5.41, 5.74) is 2.14. The van der Waals surface area contributed by atoms with Crippen LogP contribution in [0.3, 0.4) is 0 Å². The van der Waals surface area contributed by atoms with Crippen molar-refractivity contribution in [1.29, 1.82) is 0 Å². The Morgan fingerprint density at radius 1 is 1.45 bits per heavy atom. The van der Waals surface area contributed by atoms with Crippen LogP contribution in [-0.4, -0.2) is 21.6 Å². The predicted molar refractivity (Wildman–Crippen MR) is 79.5 cm³/mol. The molecule has 0 saturated heterocycles. The molecule has 0 fully saturated rings.